The first kappa shape index (κ1) is 12.1. The molecule has 5 nitrogen and oxygen atoms in total. The first-order valence-electron chi connectivity index (χ1n) is 5.61. The van der Waals surface area contributed by atoms with Gasteiger partial charge in [0.1, 0.15) is 5.41 Å². The van der Waals surface area contributed by atoms with Crippen LogP contribution >= 0.6 is 0 Å². The SMILES string of the molecule is N#CC1(C(=O)NC2C=CS(=O)(=O)C2)CCCC1. The van der Waals surface area contributed by atoms with Gasteiger partial charge < -0.3 is 5.32 Å². The first-order chi connectivity index (χ1) is 7.97. The van der Waals surface area contributed by atoms with Gasteiger partial charge in [0.25, 0.3) is 0 Å². The number of rotatable bonds is 2. The maximum atomic E-state index is 12.0. The molecule has 17 heavy (non-hydrogen) atoms. The highest BCUT2D eigenvalue weighted by Gasteiger charge is 2.42. The summed E-state index contributed by atoms with van der Waals surface area (Å²) in [5.74, 6) is -0.426. The van der Waals surface area contributed by atoms with Gasteiger partial charge in [-0.05, 0) is 18.9 Å². The van der Waals surface area contributed by atoms with Crippen LogP contribution in [0.15, 0.2) is 11.5 Å². The van der Waals surface area contributed by atoms with Gasteiger partial charge in [0.2, 0.25) is 5.91 Å². The minimum absolute atomic E-state index is 0.0970. The summed E-state index contributed by atoms with van der Waals surface area (Å²) < 4.78 is 22.4. The Balaban J connectivity index is 2.04. The van der Waals surface area contributed by atoms with Crippen molar-refractivity contribution in [2.24, 2.45) is 5.41 Å². The maximum absolute atomic E-state index is 12.0. The summed E-state index contributed by atoms with van der Waals surface area (Å²) >= 11 is 0. The minimum atomic E-state index is -3.17. The van der Waals surface area contributed by atoms with E-state index >= 15 is 0 Å². The average molecular weight is 254 g/mol. The van der Waals surface area contributed by atoms with Gasteiger partial charge in [-0.2, -0.15) is 5.26 Å². The standard InChI is InChI=1S/C11H14N2O3S/c12-8-11(4-1-2-5-11)10(14)13-9-3-6-17(15,16)7-9/h3,6,9H,1-2,4-5,7H2,(H,13,14). The van der Waals surface area contributed by atoms with Gasteiger partial charge in [-0.1, -0.05) is 12.8 Å². The molecule has 0 aromatic rings. The van der Waals surface area contributed by atoms with Gasteiger partial charge in [0, 0.05) is 5.41 Å². The molecule has 0 spiro atoms. The van der Waals surface area contributed by atoms with Gasteiger partial charge in [-0.3, -0.25) is 4.79 Å². The van der Waals surface area contributed by atoms with Crippen molar-refractivity contribution in [1.82, 2.24) is 5.32 Å². The Labute approximate surface area is 100 Å². The van der Waals surface area contributed by atoms with Gasteiger partial charge >= 0.3 is 0 Å². The highest BCUT2D eigenvalue weighted by atomic mass is 32.2. The molecule has 1 amide bonds. The number of carbonyl (C=O) groups is 1. The van der Waals surface area contributed by atoms with Crippen molar-refractivity contribution in [3.63, 3.8) is 0 Å². The van der Waals surface area contributed by atoms with Crippen LogP contribution in [0, 0.1) is 16.7 Å². The monoisotopic (exact) mass is 254 g/mol. The molecule has 1 N–H and O–H groups in total. The van der Waals surface area contributed by atoms with Crippen molar-refractivity contribution < 1.29 is 13.2 Å². The van der Waals surface area contributed by atoms with E-state index in [9.17, 15) is 13.2 Å². The van der Waals surface area contributed by atoms with Crippen molar-refractivity contribution in [2.75, 3.05) is 5.75 Å². The van der Waals surface area contributed by atoms with E-state index in [0.29, 0.717) is 12.8 Å². The Morgan fingerprint density at radius 2 is 2.06 bits per heavy atom. The Bertz CT molecular complexity index is 495. The van der Waals surface area contributed by atoms with Gasteiger partial charge in [0.05, 0.1) is 17.9 Å². The van der Waals surface area contributed by atoms with Crippen molar-refractivity contribution in [3.05, 3.63) is 11.5 Å². The van der Waals surface area contributed by atoms with E-state index in [0.717, 1.165) is 18.2 Å². The van der Waals surface area contributed by atoms with Crippen LogP contribution in [0.3, 0.4) is 0 Å². The fourth-order valence-corrected chi connectivity index (χ4v) is 3.58. The lowest BCUT2D eigenvalue weighted by Crippen LogP contribution is -2.44. The van der Waals surface area contributed by atoms with Crippen LogP contribution in [0.5, 0.6) is 0 Å². The van der Waals surface area contributed by atoms with Crippen molar-refractivity contribution in [2.45, 2.75) is 31.7 Å². The average Bonchev–Trinajstić information content (AvgIpc) is 2.86. The highest BCUT2D eigenvalue weighted by Crippen LogP contribution is 2.37. The lowest BCUT2D eigenvalue weighted by molar-refractivity contribution is -0.128. The third kappa shape index (κ3) is 2.34. The smallest absolute Gasteiger partial charge is 0.240 e. The molecule has 1 unspecified atom stereocenters. The number of carbonyl (C=O) groups excluding carboxylic acids is 1. The summed E-state index contributed by atoms with van der Waals surface area (Å²) in [5, 5.41) is 12.9. The Morgan fingerprint density at radius 1 is 1.41 bits per heavy atom. The molecule has 92 valence electrons. The normalized spacial score (nSPS) is 28.8. The summed E-state index contributed by atoms with van der Waals surface area (Å²) in [7, 11) is -3.17. The molecule has 0 bridgehead atoms. The van der Waals surface area contributed by atoms with Crippen molar-refractivity contribution in [1.29, 1.82) is 5.26 Å². The van der Waals surface area contributed by atoms with E-state index in [-0.39, 0.29) is 11.7 Å². The molecule has 1 aliphatic heterocycles. The Morgan fingerprint density at radius 3 is 2.53 bits per heavy atom. The minimum Gasteiger partial charge on any atom is -0.347 e. The van der Waals surface area contributed by atoms with E-state index in [4.69, 9.17) is 5.26 Å². The molecule has 2 aliphatic rings. The molecule has 0 radical (unpaired) electrons. The van der Waals surface area contributed by atoms with Crippen LogP contribution in [-0.2, 0) is 14.6 Å². The van der Waals surface area contributed by atoms with Crippen LogP contribution in [0.25, 0.3) is 0 Å². The van der Waals surface area contributed by atoms with Crippen LogP contribution in [0.2, 0.25) is 0 Å². The fraction of sp³-hybridized carbons (Fsp3) is 0.636. The third-order valence-electron chi connectivity index (χ3n) is 3.35. The summed E-state index contributed by atoms with van der Waals surface area (Å²) in [6, 6.07) is 1.60. The third-order valence-corrected chi connectivity index (χ3v) is 4.75. The molecular weight excluding hydrogens is 240 g/mol. The number of nitrogens with one attached hydrogen (secondary N) is 1. The topological polar surface area (TPSA) is 87.0 Å². The van der Waals surface area contributed by atoms with Crippen molar-refractivity contribution in [3.8, 4) is 6.07 Å². The molecule has 0 aromatic carbocycles. The van der Waals surface area contributed by atoms with E-state index < -0.39 is 21.3 Å². The Hall–Kier alpha value is -1.35. The number of sulfone groups is 1. The van der Waals surface area contributed by atoms with E-state index in [2.05, 4.69) is 11.4 Å². The summed E-state index contributed by atoms with van der Waals surface area (Å²) in [6.45, 7) is 0. The molecule has 1 atom stereocenters. The predicted molar refractivity (Wildman–Crippen MR) is 61.4 cm³/mol. The van der Waals surface area contributed by atoms with Gasteiger partial charge in [0.15, 0.2) is 9.84 Å². The molecule has 2 rings (SSSR count). The predicted octanol–water partition coefficient (Wildman–Crippen LogP) is 0.497. The largest absolute Gasteiger partial charge is 0.347 e. The molecule has 0 aromatic heterocycles. The van der Waals surface area contributed by atoms with Gasteiger partial charge in [-0.25, -0.2) is 8.42 Å². The number of hydrogen-bond donors (Lipinski definition) is 1. The quantitative estimate of drug-likeness (QED) is 0.777. The first-order valence-corrected chi connectivity index (χ1v) is 7.32. The number of hydrogen-bond acceptors (Lipinski definition) is 4. The molecule has 1 saturated carbocycles. The molecule has 0 saturated heterocycles. The zero-order valence-electron chi connectivity index (χ0n) is 9.35. The second-order valence-corrected chi connectivity index (χ2v) is 6.57. The number of amides is 1. The van der Waals surface area contributed by atoms with Gasteiger partial charge in [-0.15, -0.1) is 0 Å². The summed E-state index contributed by atoms with van der Waals surface area (Å²) in [5.41, 5.74) is -0.944. The zero-order valence-corrected chi connectivity index (χ0v) is 10.2. The Kier molecular flexibility index (Phi) is 2.96. The number of nitriles is 1. The molecule has 6 heteroatoms. The van der Waals surface area contributed by atoms with Crippen LogP contribution in [0.1, 0.15) is 25.7 Å². The second-order valence-electron chi connectivity index (χ2n) is 4.64. The molecule has 1 fully saturated rings. The highest BCUT2D eigenvalue weighted by molar-refractivity contribution is 7.94. The van der Waals surface area contributed by atoms with Crippen LogP contribution < -0.4 is 5.32 Å². The lowest BCUT2D eigenvalue weighted by Gasteiger charge is -2.21. The molecule has 1 heterocycles. The molecular formula is C11H14N2O3S. The van der Waals surface area contributed by atoms with E-state index in [1.165, 1.54) is 6.08 Å². The van der Waals surface area contributed by atoms with Crippen molar-refractivity contribution >= 4 is 15.7 Å². The van der Waals surface area contributed by atoms with E-state index in [1.807, 2.05) is 0 Å². The van der Waals surface area contributed by atoms with Crippen LogP contribution in [-0.4, -0.2) is 26.1 Å². The van der Waals surface area contributed by atoms with Crippen LogP contribution in [0.4, 0.5) is 0 Å². The summed E-state index contributed by atoms with van der Waals surface area (Å²) in [4.78, 5) is 12.0. The zero-order chi connectivity index (χ0) is 12.5. The fourth-order valence-electron chi connectivity index (χ4n) is 2.34. The lowest BCUT2D eigenvalue weighted by atomic mass is 9.87. The second kappa shape index (κ2) is 4.15. The van der Waals surface area contributed by atoms with E-state index in [1.54, 1.807) is 0 Å². The summed E-state index contributed by atoms with van der Waals surface area (Å²) in [6.07, 6.45) is 4.35. The molecule has 1 aliphatic carbocycles. The number of nitrogens with zero attached hydrogens (tertiary/aromatic N) is 1. The maximum Gasteiger partial charge on any atom is 0.240 e.